The summed E-state index contributed by atoms with van der Waals surface area (Å²) < 4.78 is 159. The maximum atomic E-state index is 14.0. The Morgan fingerprint density at radius 3 is 1.59 bits per heavy atom. The molecule has 0 amide bonds. The van der Waals surface area contributed by atoms with Crippen LogP contribution >= 0.6 is 0 Å². The Bertz CT molecular complexity index is 2160. The third-order valence-electron chi connectivity index (χ3n) is 11.4. The molecular weight excluding hydrogens is 871 g/mol. The van der Waals surface area contributed by atoms with E-state index >= 15 is 0 Å². The van der Waals surface area contributed by atoms with Gasteiger partial charge in [-0.3, -0.25) is 18.7 Å². The smallest absolute Gasteiger partial charge is 0.300 e. The summed E-state index contributed by atoms with van der Waals surface area (Å²) in [6.45, 7) is 21.1. The molecule has 9 nitrogen and oxygen atoms in total. The number of rotatable bonds is 5. The van der Waals surface area contributed by atoms with E-state index in [9.17, 15) is 52.7 Å². The average Bonchev–Trinajstić information content (AvgIpc) is 3.93. The number of nitrogens with zero attached hydrogens (tertiary/aromatic N) is 9. The highest BCUT2D eigenvalue weighted by Crippen LogP contribution is 2.41. The topological polar surface area (TPSA) is 74.5 Å². The lowest BCUT2D eigenvalue weighted by Crippen LogP contribution is -2.29. The Kier molecular flexibility index (Phi) is 16.3. The normalized spacial score (nSPS) is 19.2. The number of hydrogen-bond acceptors (Lipinski definition) is 5. The van der Waals surface area contributed by atoms with Crippen LogP contribution in [0.4, 0.5) is 52.7 Å². The van der Waals surface area contributed by atoms with Crippen LogP contribution in [-0.4, -0.2) is 63.3 Å². The molecule has 362 valence electrons. The number of aryl methyl sites for hydroxylation is 1. The van der Waals surface area contributed by atoms with E-state index in [4.69, 9.17) is 0 Å². The van der Waals surface area contributed by atoms with Gasteiger partial charge in [-0.1, -0.05) is 6.92 Å². The van der Waals surface area contributed by atoms with Crippen LogP contribution in [0, 0.1) is 6.92 Å². The minimum Gasteiger partial charge on any atom is -0.300 e. The van der Waals surface area contributed by atoms with E-state index in [2.05, 4.69) is 27.3 Å². The lowest BCUT2D eigenvalue weighted by Gasteiger charge is -2.27. The lowest BCUT2D eigenvalue weighted by molar-refractivity contribution is -0.143. The fourth-order valence-corrected chi connectivity index (χ4v) is 8.38. The van der Waals surface area contributed by atoms with Gasteiger partial charge in [-0.05, 0) is 127 Å². The van der Waals surface area contributed by atoms with Crippen LogP contribution in [0.2, 0.25) is 0 Å². The van der Waals surface area contributed by atoms with Gasteiger partial charge in [0.15, 0.2) is 17.1 Å². The van der Waals surface area contributed by atoms with Crippen molar-refractivity contribution >= 4 is 0 Å². The predicted molar refractivity (Wildman–Crippen MR) is 218 cm³/mol. The predicted octanol–water partition coefficient (Wildman–Crippen LogP) is 12.8. The third kappa shape index (κ3) is 12.2. The lowest BCUT2D eigenvalue weighted by atomic mass is 9.85. The standard InChI is InChI=1S/C12H16F4N2.C12H18F2N2.C11H16F3N3.C8H11F3N2/c1-7(2)18-9-6-11(3,13)5-4-8(9)10(17-18)12(14,15)16;1-7(2)16-11-8(3)5-4-6-9(11)10(15-16)12(13)14;1-7(2)17-9-6-16(3)5-4-8(9)10(15-17)11(12,13)14;1-5(2)13-6(3)4-7(12-13)8(9,10)11/h7H,4-6H2,1-3H3;7-8,12H,4-6H2,1-3H3;7H,4-6H2,1-3H3;4-5H,1-3H3. The first kappa shape index (κ1) is 52.6. The number of alkyl halides is 12. The molecule has 0 fully saturated rings. The van der Waals surface area contributed by atoms with E-state index in [1.54, 1.807) is 39.3 Å². The third-order valence-corrected chi connectivity index (χ3v) is 11.4. The first-order valence-corrected chi connectivity index (χ1v) is 21.5. The molecule has 3 aliphatic rings. The van der Waals surface area contributed by atoms with Crippen molar-refractivity contribution in [2.45, 2.75) is 188 Å². The molecule has 0 saturated heterocycles. The summed E-state index contributed by atoms with van der Waals surface area (Å²) in [5.74, 6) is 0.353. The van der Waals surface area contributed by atoms with Gasteiger partial charge in [-0.25, -0.2) is 13.2 Å². The minimum absolute atomic E-state index is 0.00356. The molecule has 4 aromatic rings. The fourth-order valence-electron chi connectivity index (χ4n) is 8.38. The van der Waals surface area contributed by atoms with Gasteiger partial charge < -0.3 is 4.90 Å². The second-order valence-electron chi connectivity index (χ2n) is 18.3. The SMILES string of the molecule is CC(C)n1nc(C(F)(F)F)c2c1CC(C)(F)CC2.CC(C)n1nc(C(F)(F)F)c2c1CN(C)CC2.CC1CCCc2c(C(F)F)nn(C(C)C)c21.Cc1cc(C(F)(F)F)nn1C(C)C. The highest BCUT2D eigenvalue weighted by atomic mass is 19.4. The zero-order valence-corrected chi connectivity index (χ0v) is 38.5. The molecule has 0 saturated carbocycles. The molecule has 7 rings (SSSR count). The van der Waals surface area contributed by atoms with Crippen molar-refractivity contribution in [3.05, 3.63) is 68.3 Å². The zero-order chi connectivity index (χ0) is 48.6. The first-order valence-electron chi connectivity index (χ1n) is 21.5. The van der Waals surface area contributed by atoms with E-state index in [1.165, 1.54) is 21.0 Å². The molecule has 4 aromatic heterocycles. The van der Waals surface area contributed by atoms with Crippen LogP contribution in [0.5, 0.6) is 0 Å². The highest BCUT2D eigenvalue weighted by molar-refractivity contribution is 5.34. The summed E-state index contributed by atoms with van der Waals surface area (Å²) in [5.41, 5.74) is 0.235. The maximum absolute atomic E-state index is 14.0. The largest absolute Gasteiger partial charge is 0.435 e. The van der Waals surface area contributed by atoms with Gasteiger partial charge in [0, 0.05) is 77.4 Å². The summed E-state index contributed by atoms with van der Waals surface area (Å²) in [6.07, 6.45) is -12.1. The van der Waals surface area contributed by atoms with Gasteiger partial charge in [-0.2, -0.15) is 59.9 Å². The van der Waals surface area contributed by atoms with Gasteiger partial charge in [0.25, 0.3) is 6.43 Å². The van der Waals surface area contributed by atoms with E-state index in [1.807, 2.05) is 39.6 Å². The molecule has 2 unspecified atom stereocenters. The number of aromatic nitrogens is 8. The molecule has 5 heterocycles. The van der Waals surface area contributed by atoms with Crippen LogP contribution in [0.3, 0.4) is 0 Å². The summed E-state index contributed by atoms with van der Waals surface area (Å²) in [7, 11) is 1.91. The Balaban J connectivity index is 0.000000188. The van der Waals surface area contributed by atoms with Crippen LogP contribution in [0.1, 0.15) is 187 Å². The average molecular weight is 932 g/mol. The maximum Gasteiger partial charge on any atom is 0.435 e. The summed E-state index contributed by atoms with van der Waals surface area (Å²) in [6, 6.07) is 0.910. The Morgan fingerprint density at radius 1 is 0.656 bits per heavy atom. The quantitative estimate of drug-likeness (QED) is 0.186. The molecule has 0 N–H and O–H groups in total. The minimum atomic E-state index is -4.46. The molecule has 2 aliphatic carbocycles. The van der Waals surface area contributed by atoms with Crippen molar-refractivity contribution < 1.29 is 52.7 Å². The Hall–Kier alpha value is -4.04. The summed E-state index contributed by atoms with van der Waals surface area (Å²) >= 11 is 0. The van der Waals surface area contributed by atoms with Crippen molar-refractivity contribution in [2.75, 3.05) is 13.6 Å². The van der Waals surface area contributed by atoms with Crippen molar-refractivity contribution in [3.63, 3.8) is 0 Å². The van der Waals surface area contributed by atoms with E-state index in [-0.39, 0.29) is 54.7 Å². The van der Waals surface area contributed by atoms with E-state index in [0.29, 0.717) is 48.1 Å². The Labute approximate surface area is 366 Å². The van der Waals surface area contributed by atoms with E-state index < -0.39 is 47.7 Å². The summed E-state index contributed by atoms with van der Waals surface area (Å²) in [4.78, 5) is 2.02. The number of fused-ring (bicyclic) bond motifs is 3. The number of hydrogen-bond donors (Lipinski definition) is 0. The van der Waals surface area contributed by atoms with Gasteiger partial charge in [0.1, 0.15) is 11.4 Å². The Morgan fingerprint density at radius 2 is 1.16 bits per heavy atom. The summed E-state index contributed by atoms with van der Waals surface area (Å²) in [5, 5.41) is 15.0. The molecule has 0 radical (unpaired) electrons. The van der Waals surface area contributed by atoms with Crippen LogP contribution in [0.25, 0.3) is 0 Å². The first-order chi connectivity index (χ1) is 29.3. The van der Waals surface area contributed by atoms with Crippen molar-refractivity contribution in [3.8, 4) is 0 Å². The molecule has 2 atom stereocenters. The molecule has 21 heteroatoms. The molecule has 0 bridgehead atoms. The molecule has 1 aliphatic heterocycles. The van der Waals surface area contributed by atoms with Crippen LogP contribution in [-0.2, 0) is 50.8 Å². The zero-order valence-electron chi connectivity index (χ0n) is 38.5. The van der Waals surface area contributed by atoms with Crippen molar-refractivity contribution in [1.29, 1.82) is 0 Å². The van der Waals surface area contributed by atoms with Gasteiger partial charge in [0.2, 0.25) is 0 Å². The number of likely N-dealkylation sites (N-methyl/N-ethyl adjacent to an activating group) is 1. The van der Waals surface area contributed by atoms with Gasteiger partial charge >= 0.3 is 18.5 Å². The van der Waals surface area contributed by atoms with Gasteiger partial charge in [0.05, 0.1) is 5.69 Å². The number of halogens is 12. The second-order valence-corrected chi connectivity index (χ2v) is 18.3. The van der Waals surface area contributed by atoms with Crippen molar-refractivity contribution in [2.24, 2.45) is 0 Å². The van der Waals surface area contributed by atoms with Gasteiger partial charge in [-0.15, -0.1) is 0 Å². The molecule has 0 spiro atoms. The van der Waals surface area contributed by atoms with Crippen LogP contribution in [0.15, 0.2) is 6.07 Å². The second kappa shape index (κ2) is 19.8. The van der Waals surface area contributed by atoms with Crippen molar-refractivity contribution in [1.82, 2.24) is 44.0 Å². The monoisotopic (exact) mass is 931 g/mol. The molecule has 64 heavy (non-hydrogen) atoms. The van der Waals surface area contributed by atoms with E-state index in [0.717, 1.165) is 36.6 Å². The fraction of sp³-hybridized carbons (Fsp3) is 0.721. The molecular formula is C43H61F12N9. The highest BCUT2D eigenvalue weighted by Gasteiger charge is 2.44. The molecule has 0 aromatic carbocycles. The van der Waals surface area contributed by atoms with Crippen LogP contribution < -0.4 is 0 Å².